The van der Waals surface area contributed by atoms with Crippen molar-refractivity contribution in [3.05, 3.63) is 114 Å². The van der Waals surface area contributed by atoms with E-state index >= 15 is 0 Å². The number of amides is 2. The lowest BCUT2D eigenvalue weighted by molar-refractivity contribution is 0.0920. The third-order valence-electron chi connectivity index (χ3n) is 5.82. The van der Waals surface area contributed by atoms with Crippen LogP contribution in [0.3, 0.4) is 0 Å². The molecule has 5 rings (SSSR count). The average Bonchev–Trinajstić information content (AvgIpc) is 3.41. The molecule has 9 nitrogen and oxygen atoms in total. The lowest BCUT2D eigenvalue weighted by Crippen LogP contribution is -2.27. The number of nitrogen functional groups attached to an aromatic ring is 1. The number of nitrogens with zero attached hydrogens (tertiary/aromatic N) is 1. The highest BCUT2D eigenvalue weighted by Crippen LogP contribution is 2.29. The summed E-state index contributed by atoms with van der Waals surface area (Å²) in [7, 11) is 0. The molecule has 0 atom stereocenters. The van der Waals surface area contributed by atoms with Crippen LogP contribution in [0.15, 0.2) is 102 Å². The Bertz CT molecular complexity index is 1580. The molecule has 4 N–H and O–H groups in total. The van der Waals surface area contributed by atoms with Crippen molar-refractivity contribution >= 4 is 34.2 Å². The summed E-state index contributed by atoms with van der Waals surface area (Å²) in [5.74, 6) is 0.636. The van der Waals surface area contributed by atoms with Crippen molar-refractivity contribution in [2.24, 2.45) is 0 Å². The van der Waals surface area contributed by atoms with Gasteiger partial charge in [-0.1, -0.05) is 30.3 Å². The maximum Gasteiger partial charge on any atom is 0.287 e. The van der Waals surface area contributed by atoms with Crippen molar-refractivity contribution in [2.75, 3.05) is 24.2 Å². The molecule has 196 valence electrons. The van der Waals surface area contributed by atoms with E-state index in [2.05, 4.69) is 15.6 Å². The second-order valence-electron chi connectivity index (χ2n) is 8.57. The number of rotatable bonds is 10. The van der Waals surface area contributed by atoms with Gasteiger partial charge in [0.15, 0.2) is 17.1 Å². The molecule has 3 aromatic carbocycles. The van der Waals surface area contributed by atoms with E-state index in [-0.39, 0.29) is 37.3 Å². The minimum Gasteiger partial charge on any atom is -0.492 e. The van der Waals surface area contributed by atoms with Crippen LogP contribution in [0.2, 0.25) is 0 Å². The monoisotopic (exact) mass is 522 g/mol. The van der Waals surface area contributed by atoms with Gasteiger partial charge in [0, 0.05) is 17.1 Å². The second-order valence-corrected chi connectivity index (χ2v) is 8.57. The largest absolute Gasteiger partial charge is 0.492 e. The highest BCUT2D eigenvalue weighted by Gasteiger charge is 2.15. The number of nitrogens with two attached hydrogens (primary N) is 1. The van der Waals surface area contributed by atoms with Crippen LogP contribution in [0.1, 0.15) is 26.6 Å². The number of hydrogen-bond donors (Lipinski definition) is 3. The molecule has 0 radical (unpaired) electrons. The first-order valence-corrected chi connectivity index (χ1v) is 12.3. The average molecular weight is 523 g/mol. The van der Waals surface area contributed by atoms with E-state index in [0.717, 1.165) is 11.1 Å². The van der Waals surface area contributed by atoms with E-state index in [1.165, 1.54) is 0 Å². The summed E-state index contributed by atoms with van der Waals surface area (Å²) in [5, 5.41) is 6.33. The molecule has 2 heterocycles. The summed E-state index contributed by atoms with van der Waals surface area (Å²) < 4.78 is 17.4. The molecule has 0 saturated carbocycles. The first kappa shape index (κ1) is 25.3. The van der Waals surface area contributed by atoms with E-state index in [1.54, 1.807) is 66.9 Å². The van der Waals surface area contributed by atoms with Crippen molar-refractivity contribution in [3.63, 3.8) is 0 Å². The molecule has 39 heavy (non-hydrogen) atoms. The normalized spacial score (nSPS) is 10.7. The standard InChI is InChI=1S/C30H26N4O5/c31-24-8-1-2-9-25(24)34-29(35)20-11-13-23(14-12-20)37-17-16-33-30(36)27-18-21-6-5-10-26(28(21)39-27)38-19-22-7-3-4-15-32-22/h1-15,18H,16-17,19,31H2,(H,33,36)(H,34,35). The Labute approximate surface area is 224 Å². The van der Waals surface area contributed by atoms with Gasteiger partial charge in [0.2, 0.25) is 0 Å². The van der Waals surface area contributed by atoms with Crippen LogP contribution in [0.5, 0.6) is 11.5 Å². The zero-order chi connectivity index (χ0) is 27.0. The minimum atomic E-state index is -0.363. The van der Waals surface area contributed by atoms with Gasteiger partial charge in [0.25, 0.3) is 11.8 Å². The fraction of sp³-hybridized carbons (Fsp3) is 0.100. The summed E-state index contributed by atoms with van der Waals surface area (Å²) in [6, 6.07) is 26.5. The van der Waals surface area contributed by atoms with Crippen molar-refractivity contribution in [2.45, 2.75) is 6.61 Å². The lowest BCUT2D eigenvalue weighted by Gasteiger charge is -2.09. The molecule has 0 unspecified atom stereocenters. The maximum absolute atomic E-state index is 12.6. The molecule has 0 aliphatic carbocycles. The number of para-hydroxylation sites is 3. The number of pyridine rings is 1. The second kappa shape index (κ2) is 11.8. The van der Waals surface area contributed by atoms with Crippen molar-refractivity contribution < 1.29 is 23.5 Å². The van der Waals surface area contributed by atoms with Crippen LogP contribution >= 0.6 is 0 Å². The Morgan fingerprint density at radius 1 is 0.872 bits per heavy atom. The van der Waals surface area contributed by atoms with Gasteiger partial charge in [-0.3, -0.25) is 14.6 Å². The highest BCUT2D eigenvalue weighted by molar-refractivity contribution is 6.05. The quantitative estimate of drug-likeness (QED) is 0.173. The van der Waals surface area contributed by atoms with Gasteiger partial charge in [-0.05, 0) is 60.7 Å². The summed E-state index contributed by atoms with van der Waals surface area (Å²) in [4.78, 5) is 29.4. The SMILES string of the molecule is Nc1ccccc1NC(=O)c1ccc(OCCNC(=O)c2cc3cccc(OCc4ccccn4)c3o2)cc1. The molecule has 2 aromatic heterocycles. The Hall–Kier alpha value is -5.31. The van der Waals surface area contributed by atoms with E-state index < -0.39 is 0 Å². The molecule has 2 amide bonds. The van der Waals surface area contributed by atoms with Gasteiger partial charge in [0.1, 0.15) is 19.0 Å². The predicted molar refractivity (Wildman–Crippen MR) is 148 cm³/mol. The number of aromatic nitrogens is 1. The zero-order valence-corrected chi connectivity index (χ0v) is 20.9. The Morgan fingerprint density at radius 3 is 2.49 bits per heavy atom. The smallest absolute Gasteiger partial charge is 0.287 e. The maximum atomic E-state index is 12.6. The highest BCUT2D eigenvalue weighted by atomic mass is 16.5. The lowest BCUT2D eigenvalue weighted by atomic mass is 10.2. The van der Waals surface area contributed by atoms with Crippen LogP contribution in [-0.4, -0.2) is 29.9 Å². The summed E-state index contributed by atoms with van der Waals surface area (Å²) in [5.41, 5.74) is 8.67. The number of hydrogen-bond acceptors (Lipinski definition) is 7. The fourth-order valence-electron chi connectivity index (χ4n) is 3.83. The minimum absolute atomic E-state index is 0.174. The van der Waals surface area contributed by atoms with E-state index in [0.29, 0.717) is 34.0 Å². The van der Waals surface area contributed by atoms with Crippen molar-refractivity contribution in [1.82, 2.24) is 10.3 Å². The van der Waals surface area contributed by atoms with Gasteiger partial charge in [0.05, 0.1) is 23.6 Å². The Morgan fingerprint density at radius 2 is 1.69 bits per heavy atom. The van der Waals surface area contributed by atoms with Crippen molar-refractivity contribution in [1.29, 1.82) is 0 Å². The number of ether oxygens (including phenoxy) is 2. The molecule has 0 bridgehead atoms. The molecular weight excluding hydrogens is 496 g/mol. The topological polar surface area (TPSA) is 129 Å². The van der Waals surface area contributed by atoms with Gasteiger partial charge in [-0.25, -0.2) is 0 Å². The molecule has 0 aliphatic heterocycles. The Kier molecular flexibility index (Phi) is 7.68. The number of anilines is 2. The molecule has 0 fully saturated rings. The molecular formula is C30H26N4O5. The predicted octanol–water partition coefficient (Wildman–Crippen LogP) is 5.05. The van der Waals surface area contributed by atoms with Gasteiger partial charge < -0.3 is 30.3 Å². The molecule has 0 spiro atoms. The molecule has 9 heteroatoms. The number of carbonyl (C=O) groups is 2. The van der Waals surface area contributed by atoms with E-state index in [1.807, 2.05) is 30.3 Å². The van der Waals surface area contributed by atoms with Crippen LogP contribution in [0.4, 0.5) is 11.4 Å². The van der Waals surface area contributed by atoms with Gasteiger partial charge in [-0.15, -0.1) is 0 Å². The number of benzene rings is 3. The summed E-state index contributed by atoms with van der Waals surface area (Å²) >= 11 is 0. The molecule has 5 aromatic rings. The summed E-state index contributed by atoms with van der Waals surface area (Å²) in [6.07, 6.45) is 1.70. The number of nitrogens with one attached hydrogen (secondary N) is 2. The fourth-order valence-corrected chi connectivity index (χ4v) is 3.83. The van der Waals surface area contributed by atoms with Gasteiger partial charge in [-0.2, -0.15) is 0 Å². The van der Waals surface area contributed by atoms with E-state index in [9.17, 15) is 9.59 Å². The molecule has 0 saturated heterocycles. The van der Waals surface area contributed by atoms with Crippen LogP contribution in [0, 0.1) is 0 Å². The number of fused-ring (bicyclic) bond motifs is 1. The first-order chi connectivity index (χ1) is 19.1. The van der Waals surface area contributed by atoms with Crippen LogP contribution in [-0.2, 0) is 6.61 Å². The van der Waals surface area contributed by atoms with Gasteiger partial charge >= 0.3 is 0 Å². The third-order valence-corrected chi connectivity index (χ3v) is 5.82. The zero-order valence-electron chi connectivity index (χ0n) is 20.9. The molecule has 0 aliphatic rings. The summed E-state index contributed by atoms with van der Waals surface area (Å²) in [6.45, 7) is 0.776. The third kappa shape index (κ3) is 6.34. The Balaban J connectivity index is 1.11. The van der Waals surface area contributed by atoms with E-state index in [4.69, 9.17) is 19.6 Å². The number of carbonyl (C=O) groups excluding carboxylic acids is 2. The van der Waals surface area contributed by atoms with Crippen LogP contribution in [0.25, 0.3) is 11.0 Å². The first-order valence-electron chi connectivity index (χ1n) is 12.3. The van der Waals surface area contributed by atoms with Crippen LogP contribution < -0.4 is 25.8 Å². The van der Waals surface area contributed by atoms with Crippen molar-refractivity contribution in [3.8, 4) is 11.5 Å². The number of furan rings is 1.